The Morgan fingerprint density at radius 2 is 1.93 bits per heavy atom. The van der Waals surface area contributed by atoms with Gasteiger partial charge in [-0.15, -0.1) is 5.10 Å². The summed E-state index contributed by atoms with van der Waals surface area (Å²) >= 11 is 7.13. The van der Waals surface area contributed by atoms with Crippen molar-refractivity contribution in [3.05, 3.63) is 78.2 Å². The van der Waals surface area contributed by atoms with Crippen LogP contribution in [0.1, 0.15) is 11.3 Å². The highest BCUT2D eigenvalue weighted by Crippen LogP contribution is 2.22. The summed E-state index contributed by atoms with van der Waals surface area (Å²) in [6.07, 6.45) is 0. The second-order valence-electron chi connectivity index (χ2n) is 5.78. The maximum Gasteiger partial charge on any atom is 0.266 e. The molecule has 0 aliphatic carbocycles. The van der Waals surface area contributed by atoms with E-state index in [1.54, 1.807) is 4.68 Å². The zero-order valence-electron chi connectivity index (χ0n) is 13.9. The molecule has 0 amide bonds. The van der Waals surface area contributed by atoms with Crippen molar-refractivity contribution < 1.29 is 0 Å². The molecule has 0 saturated carbocycles. The van der Waals surface area contributed by atoms with E-state index in [-0.39, 0.29) is 5.56 Å². The molecule has 0 spiro atoms. The first-order valence-corrected chi connectivity index (χ1v) is 10.9. The molecule has 0 aliphatic rings. The van der Waals surface area contributed by atoms with Crippen molar-refractivity contribution in [2.75, 3.05) is 0 Å². The summed E-state index contributed by atoms with van der Waals surface area (Å²) in [4.78, 5) is 19.7. The Balaban J connectivity index is 1.59. The van der Waals surface area contributed by atoms with E-state index in [1.165, 1.54) is 20.9 Å². The van der Waals surface area contributed by atoms with Gasteiger partial charge < -0.3 is 4.98 Å². The zero-order chi connectivity index (χ0) is 18.8. The van der Waals surface area contributed by atoms with E-state index >= 15 is 0 Å². The van der Waals surface area contributed by atoms with Crippen molar-refractivity contribution >= 4 is 61.3 Å². The number of nitrogens with zero attached hydrogens (tertiary/aromatic N) is 4. The standard InChI is InChI=1S/C18H13BrIN5OS/c19-16-14(9-25-15-4-2-1-3-13(15)23-24-25)21-18(22-17(16)26)27-10-11-5-7-12(20)8-6-11/h1-8H,9-10H2,(H,21,22,26). The SMILES string of the molecule is O=c1[nH]c(SCc2ccc(I)cc2)nc(Cn2nnc3ccccc32)c1Br. The van der Waals surface area contributed by atoms with Gasteiger partial charge >= 0.3 is 0 Å². The molecule has 2 aromatic carbocycles. The predicted molar refractivity (Wildman–Crippen MR) is 118 cm³/mol. The molecule has 0 radical (unpaired) electrons. The van der Waals surface area contributed by atoms with Gasteiger partial charge in [-0.25, -0.2) is 9.67 Å². The van der Waals surface area contributed by atoms with Crippen LogP contribution < -0.4 is 5.56 Å². The number of H-pyrrole nitrogens is 1. The van der Waals surface area contributed by atoms with E-state index in [9.17, 15) is 4.79 Å². The van der Waals surface area contributed by atoms with Crippen molar-refractivity contribution in [2.24, 2.45) is 0 Å². The lowest BCUT2D eigenvalue weighted by Crippen LogP contribution is -2.16. The molecule has 0 aliphatic heterocycles. The Hall–Kier alpha value is -1.72. The van der Waals surface area contributed by atoms with Crippen LogP contribution in [0.25, 0.3) is 11.0 Å². The first-order valence-electron chi connectivity index (χ1n) is 8.04. The zero-order valence-corrected chi connectivity index (χ0v) is 18.5. The van der Waals surface area contributed by atoms with Gasteiger partial charge in [0.05, 0.1) is 17.8 Å². The molecule has 0 bridgehead atoms. The van der Waals surface area contributed by atoms with Crippen LogP contribution in [0.15, 0.2) is 63.0 Å². The topological polar surface area (TPSA) is 76.5 Å². The van der Waals surface area contributed by atoms with Gasteiger partial charge in [0.25, 0.3) is 5.56 Å². The first kappa shape index (κ1) is 18.6. The lowest BCUT2D eigenvalue weighted by atomic mass is 10.2. The molecule has 27 heavy (non-hydrogen) atoms. The van der Waals surface area contributed by atoms with Gasteiger partial charge in [-0.2, -0.15) is 0 Å². The number of para-hydroxylation sites is 1. The first-order chi connectivity index (χ1) is 13.1. The monoisotopic (exact) mass is 553 g/mol. The quantitative estimate of drug-likeness (QED) is 0.227. The van der Waals surface area contributed by atoms with Crippen LogP contribution in [0.2, 0.25) is 0 Å². The number of fused-ring (bicyclic) bond motifs is 1. The van der Waals surface area contributed by atoms with Crippen molar-refractivity contribution in [1.29, 1.82) is 0 Å². The van der Waals surface area contributed by atoms with Crippen molar-refractivity contribution in [3.8, 4) is 0 Å². The number of aromatic amines is 1. The Bertz CT molecular complexity index is 1160. The highest BCUT2D eigenvalue weighted by atomic mass is 127. The number of hydrogen-bond donors (Lipinski definition) is 1. The van der Waals surface area contributed by atoms with Crippen LogP contribution in [-0.4, -0.2) is 25.0 Å². The molecule has 0 atom stereocenters. The Morgan fingerprint density at radius 1 is 1.15 bits per heavy atom. The third kappa shape index (κ3) is 4.25. The average Bonchev–Trinajstić information content (AvgIpc) is 3.08. The van der Waals surface area contributed by atoms with Crippen LogP contribution in [0, 0.1) is 3.57 Å². The largest absolute Gasteiger partial charge is 0.300 e. The fourth-order valence-electron chi connectivity index (χ4n) is 2.56. The highest BCUT2D eigenvalue weighted by molar-refractivity contribution is 14.1. The van der Waals surface area contributed by atoms with Gasteiger partial charge in [-0.1, -0.05) is 41.2 Å². The van der Waals surface area contributed by atoms with E-state index in [4.69, 9.17) is 0 Å². The fraction of sp³-hybridized carbons (Fsp3) is 0.111. The summed E-state index contributed by atoms with van der Waals surface area (Å²) in [5.41, 5.74) is 3.31. The maximum atomic E-state index is 12.3. The summed E-state index contributed by atoms with van der Waals surface area (Å²) in [6, 6.07) is 16.0. The Labute approximate surface area is 181 Å². The molecule has 6 nitrogen and oxygen atoms in total. The molecule has 1 N–H and O–H groups in total. The minimum absolute atomic E-state index is 0.200. The lowest BCUT2D eigenvalue weighted by Gasteiger charge is -2.07. The minimum Gasteiger partial charge on any atom is -0.300 e. The predicted octanol–water partition coefficient (Wildman–Crippen LogP) is 4.22. The van der Waals surface area contributed by atoms with Gasteiger partial charge in [0.1, 0.15) is 9.99 Å². The van der Waals surface area contributed by atoms with Crippen LogP contribution in [-0.2, 0) is 12.3 Å². The summed E-state index contributed by atoms with van der Waals surface area (Å²) in [5.74, 6) is 0.729. The van der Waals surface area contributed by atoms with Crippen LogP contribution >= 0.6 is 50.3 Å². The Kier molecular flexibility index (Phi) is 5.60. The smallest absolute Gasteiger partial charge is 0.266 e. The number of hydrogen-bond acceptors (Lipinski definition) is 5. The molecule has 9 heteroatoms. The Morgan fingerprint density at radius 3 is 2.74 bits per heavy atom. The summed E-state index contributed by atoms with van der Waals surface area (Å²) in [7, 11) is 0. The molecule has 4 aromatic rings. The van der Waals surface area contributed by atoms with E-state index in [1.807, 2.05) is 24.3 Å². The molecule has 4 rings (SSSR count). The van der Waals surface area contributed by atoms with Gasteiger partial charge in [-0.05, 0) is 68.3 Å². The molecule has 0 saturated heterocycles. The molecule has 0 fully saturated rings. The van der Waals surface area contributed by atoms with Crippen molar-refractivity contribution in [1.82, 2.24) is 25.0 Å². The minimum atomic E-state index is -0.200. The van der Waals surface area contributed by atoms with E-state index in [0.29, 0.717) is 21.9 Å². The summed E-state index contributed by atoms with van der Waals surface area (Å²) in [6.45, 7) is 0.363. The second kappa shape index (κ2) is 8.11. The molecule has 2 heterocycles. The van der Waals surface area contributed by atoms with Crippen LogP contribution in [0.3, 0.4) is 0 Å². The van der Waals surface area contributed by atoms with Gasteiger partial charge in [0, 0.05) is 9.32 Å². The number of nitrogens with one attached hydrogen (secondary N) is 1. The number of halogens is 2. The lowest BCUT2D eigenvalue weighted by molar-refractivity contribution is 0.644. The molecule has 0 unspecified atom stereocenters. The van der Waals surface area contributed by atoms with E-state index < -0.39 is 0 Å². The number of aromatic nitrogens is 5. The number of thioether (sulfide) groups is 1. The number of rotatable bonds is 5. The van der Waals surface area contributed by atoms with E-state index in [2.05, 4.69) is 83.1 Å². The third-order valence-corrected chi connectivity index (χ3v) is 6.40. The van der Waals surface area contributed by atoms with Gasteiger partial charge in [-0.3, -0.25) is 4.79 Å². The fourth-order valence-corrected chi connectivity index (χ4v) is 4.07. The van der Waals surface area contributed by atoms with Crippen LogP contribution in [0.4, 0.5) is 0 Å². The molecular formula is C18H13BrIN5OS. The van der Waals surface area contributed by atoms with Gasteiger partial charge in [0.2, 0.25) is 0 Å². The van der Waals surface area contributed by atoms with Crippen LogP contribution in [0.5, 0.6) is 0 Å². The number of benzene rings is 2. The van der Waals surface area contributed by atoms with Crippen molar-refractivity contribution in [2.45, 2.75) is 17.5 Å². The average molecular weight is 554 g/mol. The maximum absolute atomic E-state index is 12.3. The normalized spacial score (nSPS) is 11.2. The van der Waals surface area contributed by atoms with Crippen molar-refractivity contribution in [3.63, 3.8) is 0 Å². The van der Waals surface area contributed by atoms with Gasteiger partial charge in [0.15, 0.2) is 5.16 Å². The molecule has 136 valence electrons. The summed E-state index contributed by atoms with van der Waals surface area (Å²) < 4.78 is 3.36. The third-order valence-electron chi connectivity index (χ3n) is 3.92. The molecule has 2 aromatic heterocycles. The summed E-state index contributed by atoms with van der Waals surface area (Å²) in [5, 5.41) is 8.91. The van der Waals surface area contributed by atoms with E-state index in [0.717, 1.165) is 16.8 Å². The molecular weight excluding hydrogens is 541 g/mol. The second-order valence-corrected chi connectivity index (χ2v) is 8.79. The highest BCUT2D eigenvalue weighted by Gasteiger charge is 2.13.